The molecular weight excluding hydrogens is 427 g/mol. The van der Waals surface area contributed by atoms with E-state index in [1.807, 2.05) is 49.4 Å². The van der Waals surface area contributed by atoms with Gasteiger partial charge in [0.25, 0.3) is 15.9 Å². The summed E-state index contributed by atoms with van der Waals surface area (Å²) in [7, 11) is -4.01. The zero-order chi connectivity index (χ0) is 22.7. The Morgan fingerprint density at radius 3 is 2.28 bits per heavy atom. The predicted molar refractivity (Wildman–Crippen MR) is 125 cm³/mol. The number of anilines is 2. The van der Waals surface area contributed by atoms with E-state index < -0.39 is 15.8 Å². The number of benzene rings is 4. The Balaban J connectivity index is 1.72. The summed E-state index contributed by atoms with van der Waals surface area (Å²) in [6, 6.07) is 24.4. The summed E-state index contributed by atoms with van der Waals surface area (Å²) in [6.07, 6.45) is 0. The highest BCUT2D eigenvalue weighted by Gasteiger charge is 2.23. The Kier molecular flexibility index (Phi) is 5.92. The van der Waals surface area contributed by atoms with Crippen LogP contribution in [0.1, 0.15) is 17.3 Å². The van der Waals surface area contributed by atoms with E-state index in [0.29, 0.717) is 6.54 Å². The Morgan fingerprint density at radius 1 is 0.875 bits per heavy atom. The van der Waals surface area contributed by atoms with Crippen molar-refractivity contribution >= 4 is 38.1 Å². The van der Waals surface area contributed by atoms with E-state index >= 15 is 0 Å². The average molecular weight is 449 g/mol. The third-order valence-electron chi connectivity index (χ3n) is 5.14. The maximum absolute atomic E-state index is 13.5. The molecule has 0 aliphatic carbocycles. The van der Waals surface area contributed by atoms with Crippen LogP contribution < -0.4 is 9.62 Å². The molecule has 0 fully saturated rings. The molecule has 0 spiro atoms. The van der Waals surface area contributed by atoms with Crippen molar-refractivity contribution in [2.45, 2.75) is 11.8 Å². The van der Waals surface area contributed by atoms with Crippen LogP contribution in [0.25, 0.3) is 10.8 Å². The molecule has 0 aliphatic rings. The van der Waals surface area contributed by atoms with E-state index in [0.717, 1.165) is 28.6 Å². The highest BCUT2D eigenvalue weighted by Crippen LogP contribution is 2.29. The minimum atomic E-state index is -4.01. The zero-order valence-corrected chi connectivity index (χ0v) is 18.1. The number of hydrogen-bond donors (Lipinski definition) is 1. The number of rotatable bonds is 6. The molecule has 0 saturated heterocycles. The van der Waals surface area contributed by atoms with Crippen molar-refractivity contribution in [3.05, 3.63) is 102 Å². The largest absolute Gasteiger partial charge is 0.308 e. The van der Waals surface area contributed by atoms with Gasteiger partial charge in [0.1, 0.15) is 5.82 Å². The first-order chi connectivity index (χ1) is 15.4. The highest BCUT2D eigenvalue weighted by molar-refractivity contribution is 7.92. The van der Waals surface area contributed by atoms with Gasteiger partial charge in [-0.2, -0.15) is 0 Å². The number of nitrogens with zero attached hydrogens (tertiary/aromatic N) is 1. The van der Waals surface area contributed by atoms with Gasteiger partial charge in [-0.15, -0.1) is 0 Å². The first kappa shape index (κ1) is 21.5. The van der Waals surface area contributed by atoms with Gasteiger partial charge in [-0.3, -0.25) is 9.52 Å². The minimum absolute atomic E-state index is 0.0949. The molecule has 4 aromatic carbocycles. The van der Waals surface area contributed by atoms with Gasteiger partial charge in [0.2, 0.25) is 0 Å². The molecular formula is C25H21FN2O3S. The maximum atomic E-state index is 13.5. The quantitative estimate of drug-likeness (QED) is 0.427. The van der Waals surface area contributed by atoms with Crippen molar-refractivity contribution in [2.24, 2.45) is 0 Å². The SMILES string of the molecule is CCN(C(=O)c1ccccc1NS(=O)(=O)c1ccc(F)cc1)c1cccc2ccccc12. The molecule has 0 unspecified atom stereocenters. The van der Waals surface area contributed by atoms with Gasteiger partial charge < -0.3 is 4.90 Å². The lowest BCUT2D eigenvalue weighted by atomic mass is 10.1. The van der Waals surface area contributed by atoms with Crippen LogP contribution in [0.15, 0.2) is 95.9 Å². The first-order valence-electron chi connectivity index (χ1n) is 10.1. The van der Waals surface area contributed by atoms with Crippen LogP contribution in [-0.2, 0) is 10.0 Å². The van der Waals surface area contributed by atoms with Crippen molar-refractivity contribution in [1.82, 2.24) is 0 Å². The van der Waals surface area contributed by atoms with Crippen molar-refractivity contribution in [2.75, 3.05) is 16.2 Å². The monoisotopic (exact) mass is 448 g/mol. The molecule has 4 aromatic rings. The second-order valence-corrected chi connectivity index (χ2v) is 8.84. The number of para-hydroxylation sites is 1. The molecule has 7 heteroatoms. The molecule has 1 amide bonds. The molecule has 5 nitrogen and oxygen atoms in total. The summed E-state index contributed by atoms with van der Waals surface area (Å²) < 4.78 is 41.3. The van der Waals surface area contributed by atoms with Gasteiger partial charge in [0.15, 0.2) is 0 Å². The Labute approximate surface area is 186 Å². The smallest absolute Gasteiger partial charge is 0.261 e. The van der Waals surface area contributed by atoms with E-state index in [1.165, 1.54) is 18.2 Å². The molecule has 0 saturated carbocycles. The molecule has 0 heterocycles. The van der Waals surface area contributed by atoms with Crippen LogP contribution in [0.5, 0.6) is 0 Å². The van der Waals surface area contributed by atoms with Gasteiger partial charge in [-0.1, -0.05) is 48.5 Å². The third kappa shape index (κ3) is 4.20. The molecule has 0 aliphatic heterocycles. The zero-order valence-electron chi connectivity index (χ0n) is 17.3. The first-order valence-corrected chi connectivity index (χ1v) is 11.6. The number of carbonyl (C=O) groups excluding carboxylic acids is 1. The van der Waals surface area contributed by atoms with Crippen LogP contribution in [0, 0.1) is 5.82 Å². The number of sulfonamides is 1. The molecule has 1 N–H and O–H groups in total. The van der Waals surface area contributed by atoms with Gasteiger partial charge in [-0.05, 0) is 54.8 Å². The molecule has 162 valence electrons. The minimum Gasteiger partial charge on any atom is -0.308 e. The molecule has 0 radical (unpaired) electrons. The van der Waals surface area contributed by atoms with E-state index in [2.05, 4.69) is 4.72 Å². The summed E-state index contributed by atoms with van der Waals surface area (Å²) in [6.45, 7) is 2.26. The van der Waals surface area contributed by atoms with Crippen LogP contribution >= 0.6 is 0 Å². The Hall–Kier alpha value is -3.71. The standard InChI is InChI=1S/C25H21FN2O3S/c1-2-28(24-13-7-9-18-8-3-4-10-21(18)24)25(29)22-11-5-6-12-23(22)27-32(30,31)20-16-14-19(26)15-17-20/h3-17,27H,2H2,1H3. The topological polar surface area (TPSA) is 66.5 Å². The van der Waals surface area contributed by atoms with Crippen molar-refractivity contribution in [3.63, 3.8) is 0 Å². The van der Waals surface area contributed by atoms with Gasteiger partial charge in [-0.25, -0.2) is 12.8 Å². The van der Waals surface area contributed by atoms with Crippen LogP contribution in [-0.4, -0.2) is 20.9 Å². The van der Waals surface area contributed by atoms with Crippen molar-refractivity contribution in [3.8, 4) is 0 Å². The molecule has 0 aromatic heterocycles. The van der Waals surface area contributed by atoms with Crippen LogP contribution in [0.2, 0.25) is 0 Å². The highest BCUT2D eigenvalue weighted by atomic mass is 32.2. The third-order valence-corrected chi connectivity index (χ3v) is 6.53. The normalized spacial score (nSPS) is 11.3. The Bertz CT molecular complexity index is 1380. The molecule has 4 rings (SSSR count). The summed E-state index contributed by atoms with van der Waals surface area (Å²) in [5, 5.41) is 1.93. The lowest BCUT2D eigenvalue weighted by molar-refractivity contribution is 0.0989. The van der Waals surface area contributed by atoms with E-state index in [4.69, 9.17) is 0 Å². The van der Waals surface area contributed by atoms with E-state index in [9.17, 15) is 17.6 Å². The summed E-state index contributed by atoms with van der Waals surface area (Å²) in [5.41, 5.74) is 1.11. The van der Waals surface area contributed by atoms with Crippen LogP contribution in [0.3, 0.4) is 0 Å². The lowest BCUT2D eigenvalue weighted by Gasteiger charge is -2.24. The summed E-state index contributed by atoms with van der Waals surface area (Å²) >= 11 is 0. The number of amides is 1. The fourth-order valence-electron chi connectivity index (χ4n) is 3.59. The van der Waals surface area contributed by atoms with Gasteiger partial charge >= 0.3 is 0 Å². The van der Waals surface area contributed by atoms with E-state index in [-0.39, 0.29) is 22.1 Å². The van der Waals surface area contributed by atoms with Gasteiger partial charge in [0.05, 0.1) is 21.8 Å². The molecule has 32 heavy (non-hydrogen) atoms. The second kappa shape index (κ2) is 8.80. The maximum Gasteiger partial charge on any atom is 0.261 e. The average Bonchev–Trinajstić information content (AvgIpc) is 2.80. The van der Waals surface area contributed by atoms with E-state index in [1.54, 1.807) is 23.1 Å². The molecule has 0 atom stereocenters. The van der Waals surface area contributed by atoms with Gasteiger partial charge in [0, 0.05) is 11.9 Å². The number of halogens is 1. The second-order valence-electron chi connectivity index (χ2n) is 7.15. The number of carbonyl (C=O) groups is 1. The predicted octanol–water partition coefficient (Wildman–Crippen LogP) is 5.45. The van der Waals surface area contributed by atoms with Crippen molar-refractivity contribution < 1.29 is 17.6 Å². The Morgan fingerprint density at radius 2 is 1.53 bits per heavy atom. The fraction of sp³-hybridized carbons (Fsp3) is 0.0800. The lowest BCUT2D eigenvalue weighted by Crippen LogP contribution is -2.31. The summed E-state index contributed by atoms with van der Waals surface area (Å²) in [4.78, 5) is 15.1. The fourth-order valence-corrected chi connectivity index (χ4v) is 4.67. The van der Waals surface area contributed by atoms with Crippen molar-refractivity contribution in [1.29, 1.82) is 0 Å². The number of hydrogen-bond acceptors (Lipinski definition) is 3. The number of fused-ring (bicyclic) bond motifs is 1. The number of nitrogens with one attached hydrogen (secondary N) is 1. The van der Waals surface area contributed by atoms with Crippen LogP contribution in [0.4, 0.5) is 15.8 Å². The summed E-state index contributed by atoms with van der Waals surface area (Å²) in [5.74, 6) is -0.866. The molecule has 0 bridgehead atoms.